The summed E-state index contributed by atoms with van der Waals surface area (Å²) in [6, 6.07) is 91.8. The maximum atomic E-state index is 10.6. The van der Waals surface area contributed by atoms with Crippen molar-refractivity contribution in [2.24, 2.45) is 0 Å². The zero-order chi connectivity index (χ0) is 48.0. The topological polar surface area (TPSA) is 62.5 Å². The SMILES string of the molecule is N#Cc1ccc(-c2ccccc2-c2cccc(-c3nc(-c4ccccc4)nc(-c4ccc(-c5cc6ccccc6c6ccccc56)cc4)n3)c2)cc1-c1ccccc1-c1cccc2ccc3ccccc3c12. The Balaban J connectivity index is 0.894. The summed E-state index contributed by atoms with van der Waals surface area (Å²) in [7, 11) is 0. The molecule has 0 aliphatic heterocycles. The molecule has 72 heavy (non-hydrogen) atoms. The van der Waals surface area contributed by atoms with E-state index in [9.17, 15) is 5.26 Å². The molecule has 1 heterocycles. The van der Waals surface area contributed by atoms with E-state index in [2.05, 4.69) is 224 Å². The molecule has 1 aromatic heterocycles. The summed E-state index contributed by atoms with van der Waals surface area (Å²) in [4.78, 5) is 15.4. The Hall–Kier alpha value is -9.82. The Labute approximate surface area is 417 Å². The van der Waals surface area contributed by atoms with Crippen LogP contribution >= 0.6 is 0 Å². The van der Waals surface area contributed by atoms with E-state index in [-0.39, 0.29) is 0 Å². The average molecular weight is 915 g/mol. The fourth-order valence-electron chi connectivity index (χ4n) is 10.5. The quantitative estimate of drug-likeness (QED) is 0.143. The molecular weight excluding hydrogens is 873 g/mol. The molecule has 0 bridgehead atoms. The number of nitrogens with zero attached hydrogens (tertiary/aromatic N) is 4. The fraction of sp³-hybridized carbons (Fsp3) is 0. The number of aromatic nitrogens is 3. The van der Waals surface area contributed by atoms with Gasteiger partial charge >= 0.3 is 0 Å². The molecule has 13 rings (SSSR count). The molecule has 12 aromatic carbocycles. The van der Waals surface area contributed by atoms with E-state index in [1.807, 2.05) is 36.4 Å². The number of fused-ring (bicyclic) bond motifs is 6. The highest BCUT2D eigenvalue weighted by Crippen LogP contribution is 2.43. The first-order valence-corrected chi connectivity index (χ1v) is 24.2. The third-order valence-corrected chi connectivity index (χ3v) is 14.0. The predicted molar refractivity (Wildman–Crippen MR) is 298 cm³/mol. The molecule has 13 aromatic rings. The van der Waals surface area contributed by atoms with Crippen LogP contribution in [0.25, 0.3) is 133 Å². The van der Waals surface area contributed by atoms with Crippen LogP contribution in [0.3, 0.4) is 0 Å². The summed E-state index contributed by atoms with van der Waals surface area (Å²) < 4.78 is 0. The third-order valence-electron chi connectivity index (χ3n) is 14.0. The van der Waals surface area contributed by atoms with Crippen molar-refractivity contribution in [2.75, 3.05) is 0 Å². The van der Waals surface area contributed by atoms with Gasteiger partial charge in [-0.15, -0.1) is 0 Å². The lowest BCUT2D eigenvalue weighted by Gasteiger charge is -2.17. The minimum atomic E-state index is 0.585. The van der Waals surface area contributed by atoms with Crippen LogP contribution < -0.4 is 0 Å². The monoisotopic (exact) mass is 914 g/mol. The van der Waals surface area contributed by atoms with Gasteiger partial charge in [0.15, 0.2) is 17.5 Å². The molecule has 4 heteroatoms. The standard InChI is InChI=1S/C68H42N4/c69-43-53-39-38-51(42-64(53)61-30-13-11-28-59(61)62-31-15-20-46-35-32-44-16-4-7-26-57(44)65(46)62)55-24-9-8-23-54(55)49-21-14-22-52(40-49)68-71-66(47-17-2-1-3-18-47)70-67(72-68)48-36-33-45(34-37-48)63-41-50-19-5-6-25-56(50)58-27-10-12-29-60(58)63/h1-42H. The molecule has 0 N–H and O–H groups in total. The Morgan fingerprint density at radius 2 is 0.722 bits per heavy atom. The van der Waals surface area contributed by atoms with Gasteiger partial charge in [0.1, 0.15) is 0 Å². The minimum absolute atomic E-state index is 0.585. The van der Waals surface area contributed by atoms with Gasteiger partial charge in [0.2, 0.25) is 0 Å². The van der Waals surface area contributed by atoms with E-state index in [0.29, 0.717) is 23.0 Å². The van der Waals surface area contributed by atoms with Crippen LogP contribution in [0.1, 0.15) is 5.56 Å². The Kier molecular flexibility index (Phi) is 10.5. The van der Waals surface area contributed by atoms with Crippen molar-refractivity contribution in [3.05, 3.63) is 260 Å². The second kappa shape index (κ2) is 17.9. The largest absolute Gasteiger partial charge is 0.208 e. The summed E-state index contributed by atoms with van der Waals surface area (Å²) in [5.74, 6) is 1.79. The summed E-state index contributed by atoms with van der Waals surface area (Å²) in [6.07, 6.45) is 0. The van der Waals surface area contributed by atoms with Crippen molar-refractivity contribution in [2.45, 2.75) is 0 Å². The summed E-state index contributed by atoms with van der Waals surface area (Å²) in [5, 5.41) is 20.3. The van der Waals surface area contributed by atoms with Crippen LogP contribution in [0.4, 0.5) is 0 Å². The Morgan fingerprint density at radius 1 is 0.250 bits per heavy atom. The van der Waals surface area contributed by atoms with Crippen LogP contribution in [-0.4, -0.2) is 15.0 Å². The normalized spacial score (nSPS) is 11.3. The molecule has 0 amide bonds. The first-order chi connectivity index (χ1) is 35.6. The van der Waals surface area contributed by atoms with Crippen molar-refractivity contribution in [3.8, 4) is 95.9 Å². The summed E-state index contributed by atoms with van der Waals surface area (Å²) in [5.41, 5.74) is 13.9. The predicted octanol–water partition coefficient (Wildman–Crippen LogP) is 17.7. The van der Waals surface area contributed by atoms with Gasteiger partial charge in [-0.1, -0.05) is 231 Å². The zero-order valence-corrected chi connectivity index (χ0v) is 39.0. The highest BCUT2D eigenvalue weighted by Gasteiger charge is 2.19. The highest BCUT2D eigenvalue weighted by molar-refractivity contribution is 6.16. The molecule has 0 saturated carbocycles. The number of hydrogen-bond donors (Lipinski definition) is 0. The second-order valence-electron chi connectivity index (χ2n) is 18.2. The lowest BCUT2D eigenvalue weighted by molar-refractivity contribution is 1.07. The van der Waals surface area contributed by atoms with Crippen LogP contribution in [0.5, 0.6) is 0 Å². The van der Waals surface area contributed by atoms with Crippen LogP contribution in [0.15, 0.2) is 255 Å². The van der Waals surface area contributed by atoms with Gasteiger partial charge in [-0.25, -0.2) is 15.0 Å². The third kappa shape index (κ3) is 7.54. The summed E-state index contributed by atoms with van der Waals surface area (Å²) in [6.45, 7) is 0. The minimum Gasteiger partial charge on any atom is -0.208 e. The van der Waals surface area contributed by atoms with Crippen molar-refractivity contribution >= 4 is 43.1 Å². The molecular formula is C68H42N4. The number of hydrogen-bond acceptors (Lipinski definition) is 4. The van der Waals surface area contributed by atoms with E-state index in [0.717, 1.165) is 66.8 Å². The molecule has 0 aliphatic carbocycles. The van der Waals surface area contributed by atoms with E-state index in [1.165, 1.54) is 48.7 Å². The smallest absolute Gasteiger partial charge is 0.164 e. The van der Waals surface area contributed by atoms with E-state index in [4.69, 9.17) is 15.0 Å². The Morgan fingerprint density at radius 3 is 1.46 bits per heavy atom. The number of nitriles is 1. The molecule has 0 atom stereocenters. The zero-order valence-electron chi connectivity index (χ0n) is 39.0. The molecule has 0 spiro atoms. The second-order valence-corrected chi connectivity index (χ2v) is 18.2. The van der Waals surface area contributed by atoms with Crippen molar-refractivity contribution in [1.29, 1.82) is 5.26 Å². The molecule has 0 fully saturated rings. The van der Waals surface area contributed by atoms with Crippen molar-refractivity contribution in [1.82, 2.24) is 15.0 Å². The number of benzene rings is 12. The highest BCUT2D eigenvalue weighted by atomic mass is 15.0. The lowest BCUT2D eigenvalue weighted by atomic mass is 9.86. The van der Waals surface area contributed by atoms with Gasteiger partial charge in [0.25, 0.3) is 0 Å². The van der Waals surface area contributed by atoms with Gasteiger partial charge in [-0.2, -0.15) is 5.26 Å². The first-order valence-electron chi connectivity index (χ1n) is 24.2. The maximum Gasteiger partial charge on any atom is 0.164 e. The fourth-order valence-corrected chi connectivity index (χ4v) is 10.5. The first kappa shape index (κ1) is 42.3. The van der Waals surface area contributed by atoms with Crippen LogP contribution in [-0.2, 0) is 0 Å². The van der Waals surface area contributed by atoms with Gasteiger partial charge in [0, 0.05) is 22.3 Å². The van der Waals surface area contributed by atoms with E-state index < -0.39 is 0 Å². The lowest BCUT2D eigenvalue weighted by Crippen LogP contribution is -2.00. The summed E-state index contributed by atoms with van der Waals surface area (Å²) >= 11 is 0. The Bertz CT molecular complexity index is 4280. The molecule has 0 unspecified atom stereocenters. The van der Waals surface area contributed by atoms with E-state index in [1.54, 1.807) is 0 Å². The maximum absolute atomic E-state index is 10.6. The molecule has 4 nitrogen and oxygen atoms in total. The van der Waals surface area contributed by atoms with Gasteiger partial charge < -0.3 is 0 Å². The molecule has 0 saturated heterocycles. The van der Waals surface area contributed by atoms with Gasteiger partial charge in [0.05, 0.1) is 11.6 Å². The van der Waals surface area contributed by atoms with Crippen LogP contribution in [0, 0.1) is 11.3 Å². The van der Waals surface area contributed by atoms with Crippen molar-refractivity contribution in [3.63, 3.8) is 0 Å². The average Bonchev–Trinajstić information content (AvgIpc) is 3.46. The van der Waals surface area contributed by atoms with Gasteiger partial charge in [-0.05, 0) is 117 Å². The molecule has 0 aliphatic rings. The van der Waals surface area contributed by atoms with Crippen LogP contribution in [0.2, 0.25) is 0 Å². The molecule has 0 radical (unpaired) electrons. The molecule has 334 valence electrons. The van der Waals surface area contributed by atoms with Gasteiger partial charge in [-0.3, -0.25) is 0 Å². The van der Waals surface area contributed by atoms with Crippen molar-refractivity contribution < 1.29 is 0 Å². The number of rotatable bonds is 8. The van der Waals surface area contributed by atoms with E-state index >= 15 is 0 Å².